The fourth-order valence-corrected chi connectivity index (χ4v) is 5.43. The van der Waals surface area contributed by atoms with Crippen LogP contribution < -0.4 is 15.2 Å². The Hall–Kier alpha value is -5.17. The zero-order valence-corrected chi connectivity index (χ0v) is 26.8. The van der Waals surface area contributed by atoms with Crippen molar-refractivity contribution in [3.63, 3.8) is 0 Å². The molecular formula is C38H39N5O4. The van der Waals surface area contributed by atoms with Crippen molar-refractivity contribution < 1.29 is 14.2 Å². The van der Waals surface area contributed by atoms with E-state index < -0.39 is 0 Å². The Balaban J connectivity index is 1.25. The molecule has 1 saturated heterocycles. The molecule has 3 aromatic carbocycles. The summed E-state index contributed by atoms with van der Waals surface area (Å²) in [6, 6.07) is 27.9. The van der Waals surface area contributed by atoms with Crippen molar-refractivity contribution in [2.75, 3.05) is 26.3 Å². The third-order valence-electron chi connectivity index (χ3n) is 7.91. The standard InChI is InChI=1S/C38H39N5O4/c1-29(2)43-34(18-17-30-13-15-31(16-14-30)23-41-19-21-45-22-20-41)24-42(38(43)44)25-35-36(46-26-32-9-5-3-6-10-32)37(40-28-39-35)47-27-33-11-7-4-8-12-33/h3-16,24,28-29H,19-23,25-27H2,1-2H3. The lowest BCUT2D eigenvalue weighted by atomic mass is 10.1. The van der Waals surface area contributed by atoms with Gasteiger partial charge in [0.25, 0.3) is 5.88 Å². The van der Waals surface area contributed by atoms with Gasteiger partial charge in [0, 0.05) is 37.4 Å². The molecular weight excluding hydrogens is 590 g/mol. The van der Waals surface area contributed by atoms with E-state index in [9.17, 15) is 4.79 Å². The maximum absolute atomic E-state index is 13.7. The maximum atomic E-state index is 13.7. The SMILES string of the molecule is CC(C)n1c(C#Cc2ccc(CN3CCOCC3)cc2)cn(Cc2ncnc(OCc3ccccc3)c2OCc2ccccc2)c1=O. The van der Waals surface area contributed by atoms with Crippen LogP contribution in [-0.2, 0) is 31.0 Å². The van der Waals surface area contributed by atoms with Crippen molar-refractivity contribution >= 4 is 0 Å². The Morgan fingerprint density at radius 3 is 2.11 bits per heavy atom. The minimum absolute atomic E-state index is 0.0899. The second kappa shape index (κ2) is 15.4. The number of hydrogen-bond acceptors (Lipinski definition) is 7. The van der Waals surface area contributed by atoms with Crippen molar-refractivity contribution in [1.29, 1.82) is 0 Å². The molecule has 0 aliphatic carbocycles. The topological polar surface area (TPSA) is 83.6 Å². The summed E-state index contributed by atoms with van der Waals surface area (Å²) in [5.41, 5.74) is 5.11. The molecule has 0 unspecified atom stereocenters. The highest BCUT2D eigenvalue weighted by Gasteiger charge is 2.19. The summed E-state index contributed by atoms with van der Waals surface area (Å²) >= 11 is 0. The van der Waals surface area contributed by atoms with Gasteiger partial charge in [-0.05, 0) is 48.6 Å². The zero-order valence-electron chi connectivity index (χ0n) is 26.8. The molecule has 9 heteroatoms. The van der Waals surface area contributed by atoms with E-state index in [1.807, 2.05) is 86.6 Å². The van der Waals surface area contributed by atoms with Gasteiger partial charge in [-0.2, -0.15) is 4.98 Å². The average Bonchev–Trinajstić information content (AvgIpc) is 3.42. The second-order valence-corrected chi connectivity index (χ2v) is 11.7. The molecule has 6 rings (SSSR count). The fraction of sp³-hybridized carbons (Fsp3) is 0.289. The van der Waals surface area contributed by atoms with Crippen LogP contribution in [0.15, 0.2) is 102 Å². The Morgan fingerprint density at radius 1 is 0.787 bits per heavy atom. The highest BCUT2D eigenvalue weighted by Crippen LogP contribution is 2.30. The molecule has 1 fully saturated rings. The first-order valence-corrected chi connectivity index (χ1v) is 15.9. The zero-order chi connectivity index (χ0) is 32.4. The van der Waals surface area contributed by atoms with E-state index >= 15 is 0 Å². The molecule has 240 valence electrons. The largest absolute Gasteiger partial charge is 0.482 e. The summed E-state index contributed by atoms with van der Waals surface area (Å²) < 4.78 is 21.2. The van der Waals surface area contributed by atoms with Gasteiger partial charge in [-0.15, -0.1) is 0 Å². The van der Waals surface area contributed by atoms with Crippen LogP contribution >= 0.6 is 0 Å². The molecule has 0 bridgehead atoms. The molecule has 3 heterocycles. The van der Waals surface area contributed by atoms with Gasteiger partial charge in [-0.25, -0.2) is 9.78 Å². The quantitative estimate of drug-likeness (QED) is 0.180. The van der Waals surface area contributed by atoms with Gasteiger partial charge in [0.05, 0.1) is 19.8 Å². The van der Waals surface area contributed by atoms with Crippen LogP contribution in [0.4, 0.5) is 0 Å². The third-order valence-corrected chi connectivity index (χ3v) is 7.91. The molecule has 2 aromatic heterocycles. The lowest BCUT2D eigenvalue weighted by Gasteiger charge is -2.26. The fourth-order valence-electron chi connectivity index (χ4n) is 5.43. The Labute approximate surface area is 275 Å². The Kier molecular flexibility index (Phi) is 10.4. The van der Waals surface area contributed by atoms with E-state index in [2.05, 4.69) is 38.8 Å². The van der Waals surface area contributed by atoms with E-state index in [-0.39, 0.29) is 18.3 Å². The van der Waals surface area contributed by atoms with Crippen LogP contribution in [0.3, 0.4) is 0 Å². The van der Waals surface area contributed by atoms with Gasteiger partial charge in [-0.3, -0.25) is 14.0 Å². The van der Waals surface area contributed by atoms with Crippen LogP contribution in [0.25, 0.3) is 0 Å². The number of aromatic nitrogens is 4. The van der Waals surface area contributed by atoms with E-state index in [0.717, 1.165) is 49.5 Å². The molecule has 0 amide bonds. The van der Waals surface area contributed by atoms with Crippen LogP contribution in [0.1, 0.15) is 53.5 Å². The summed E-state index contributed by atoms with van der Waals surface area (Å²) in [7, 11) is 0. The number of morpholine rings is 1. The number of nitrogens with zero attached hydrogens (tertiary/aromatic N) is 5. The Bertz CT molecular complexity index is 1870. The molecule has 47 heavy (non-hydrogen) atoms. The predicted octanol–water partition coefficient (Wildman–Crippen LogP) is 5.46. The van der Waals surface area contributed by atoms with Gasteiger partial charge in [0.1, 0.15) is 30.9 Å². The average molecular weight is 630 g/mol. The second-order valence-electron chi connectivity index (χ2n) is 11.7. The van der Waals surface area contributed by atoms with Crippen molar-refractivity contribution in [1.82, 2.24) is 24.0 Å². The summed E-state index contributed by atoms with van der Waals surface area (Å²) in [6.07, 6.45) is 3.23. The molecule has 1 aliphatic heterocycles. The number of benzene rings is 3. The molecule has 0 saturated carbocycles. The minimum Gasteiger partial charge on any atom is -0.482 e. The molecule has 1 aliphatic rings. The third kappa shape index (κ3) is 8.36. The van der Waals surface area contributed by atoms with E-state index in [1.165, 1.54) is 11.9 Å². The first-order valence-electron chi connectivity index (χ1n) is 15.9. The number of hydrogen-bond donors (Lipinski definition) is 0. The number of rotatable bonds is 11. The Morgan fingerprint density at radius 2 is 1.45 bits per heavy atom. The normalized spacial score (nSPS) is 13.3. The summed E-state index contributed by atoms with van der Waals surface area (Å²) in [5.74, 6) is 7.23. The van der Waals surface area contributed by atoms with Crippen LogP contribution in [-0.4, -0.2) is 50.3 Å². The monoisotopic (exact) mass is 629 g/mol. The van der Waals surface area contributed by atoms with Crippen LogP contribution in [0.5, 0.6) is 11.6 Å². The highest BCUT2D eigenvalue weighted by molar-refractivity contribution is 5.42. The van der Waals surface area contributed by atoms with Gasteiger partial charge in [0.15, 0.2) is 0 Å². The summed E-state index contributed by atoms with van der Waals surface area (Å²) in [5, 5.41) is 0. The van der Waals surface area contributed by atoms with Crippen LogP contribution in [0, 0.1) is 11.8 Å². The van der Waals surface area contributed by atoms with E-state index in [1.54, 1.807) is 15.3 Å². The number of imidazole rings is 1. The van der Waals surface area contributed by atoms with Crippen molar-refractivity contribution in [3.05, 3.63) is 142 Å². The van der Waals surface area contributed by atoms with Gasteiger partial charge >= 0.3 is 5.69 Å². The molecule has 0 N–H and O–H groups in total. The molecule has 0 atom stereocenters. The smallest absolute Gasteiger partial charge is 0.329 e. The van der Waals surface area contributed by atoms with E-state index in [4.69, 9.17) is 14.2 Å². The maximum Gasteiger partial charge on any atom is 0.329 e. The van der Waals surface area contributed by atoms with Crippen LogP contribution in [0.2, 0.25) is 0 Å². The van der Waals surface area contributed by atoms with Gasteiger partial charge < -0.3 is 14.2 Å². The molecule has 0 spiro atoms. The van der Waals surface area contributed by atoms with Crippen molar-refractivity contribution in [2.45, 2.75) is 46.2 Å². The first kappa shape index (κ1) is 31.8. The minimum atomic E-state index is -0.176. The van der Waals surface area contributed by atoms with Crippen molar-refractivity contribution in [3.8, 4) is 23.5 Å². The van der Waals surface area contributed by atoms with E-state index in [0.29, 0.717) is 36.2 Å². The van der Waals surface area contributed by atoms with Crippen molar-refractivity contribution in [2.24, 2.45) is 0 Å². The predicted molar refractivity (Wildman–Crippen MR) is 180 cm³/mol. The summed E-state index contributed by atoms with van der Waals surface area (Å²) in [4.78, 5) is 25.0. The van der Waals surface area contributed by atoms with Gasteiger partial charge in [0.2, 0.25) is 5.75 Å². The molecule has 9 nitrogen and oxygen atoms in total. The van der Waals surface area contributed by atoms with Gasteiger partial charge in [-0.1, -0.05) is 78.7 Å². The molecule has 0 radical (unpaired) electrons. The lowest BCUT2D eigenvalue weighted by Crippen LogP contribution is -2.35. The highest BCUT2D eigenvalue weighted by atomic mass is 16.5. The molecule has 5 aromatic rings. The number of ether oxygens (including phenoxy) is 3. The summed E-state index contributed by atoms with van der Waals surface area (Å²) in [6.45, 7) is 9.09. The first-order chi connectivity index (χ1) is 23.0. The lowest BCUT2D eigenvalue weighted by molar-refractivity contribution is 0.0342.